The van der Waals surface area contributed by atoms with Gasteiger partial charge in [-0.3, -0.25) is 0 Å². The standard InChI is InChI=1S/C11H10NO/c1-13-11-4-2-9(3-5-11)10-6-7-12-8-10/h2-5,7-8,12H,1H3. The molecular formula is C11H10NO. The van der Waals surface area contributed by atoms with E-state index in [1.54, 1.807) is 13.3 Å². The molecule has 2 aromatic rings. The summed E-state index contributed by atoms with van der Waals surface area (Å²) in [5.41, 5.74) is 2.21. The molecule has 2 rings (SSSR count). The molecule has 0 aliphatic heterocycles. The minimum Gasteiger partial charge on any atom is -0.497 e. The second kappa shape index (κ2) is 3.35. The number of methoxy groups -OCH3 is 1. The van der Waals surface area contributed by atoms with Crippen molar-refractivity contribution in [3.05, 3.63) is 42.7 Å². The first-order valence-electron chi connectivity index (χ1n) is 4.09. The first-order chi connectivity index (χ1) is 6.40. The Balaban J connectivity index is 2.33. The van der Waals surface area contributed by atoms with Crippen LogP contribution in [0.1, 0.15) is 0 Å². The molecule has 0 aliphatic rings. The van der Waals surface area contributed by atoms with E-state index in [9.17, 15) is 0 Å². The zero-order valence-corrected chi connectivity index (χ0v) is 7.37. The average molecular weight is 172 g/mol. The van der Waals surface area contributed by atoms with Gasteiger partial charge in [0.05, 0.1) is 7.11 Å². The van der Waals surface area contributed by atoms with Crippen LogP contribution in [0.15, 0.2) is 36.7 Å². The van der Waals surface area contributed by atoms with Crippen LogP contribution in [-0.4, -0.2) is 12.1 Å². The van der Waals surface area contributed by atoms with Gasteiger partial charge in [-0.15, -0.1) is 0 Å². The third kappa shape index (κ3) is 1.56. The highest BCUT2D eigenvalue weighted by atomic mass is 16.5. The van der Waals surface area contributed by atoms with E-state index in [0.29, 0.717) is 0 Å². The van der Waals surface area contributed by atoms with Gasteiger partial charge in [0.15, 0.2) is 0 Å². The lowest BCUT2D eigenvalue weighted by Gasteiger charge is -2.00. The SMILES string of the molecule is COc1ccc(-c2[c]c[nH]c2)cc1. The fourth-order valence-electron chi connectivity index (χ4n) is 1.22. The number of aromatic nitrogens is 1. The number of ether oxygens (including phenoxy) is 1. The molecule has 0 atom stereocenters. The van der Waals surface area contributed by atoms with Crippen LogP contribution >= 0.6 is 0 Å². The van der Waals surface area contributed by atoms with Gasteiger partial charge in [0.25, 0.3) is 0 Å². The van der Waals surface area contributed by atoms with E-state index in [2.05, 4.69) is 11.1 Å². The van der Waals surface area contributed by atoms with Gasteiger partial charge >= 0.3 is 0 Å². The molecule has 0 saturated heterocycles. The van der Waals surface area contributed by atoms with E-state index in [0.717, 1.165) is 16.9 Å². The minimum atomic E-state index is 0.874. The third-order valence-corrected chi connectivity index (χ3v) is 1.94. The van der Waals surface area contributed by atoms with Crippen LogP contribution in [-0.2, 0) is 0 Å². The quantitative estimate of drug-likeness (QED) is 0.739. The molecule has 1 radical (unpaired) electrons. The van der Waals surface area contributed by atoms with Gasteiger partial charge in [-0.05, 0) is 17.7 Å². The number of hydrogen-bond donors (Lipinski definition) is 1. The molecule has 1 aromatic carbocycles. The lowest BCUT2D eigenvalue weighted by molar-refractivity contribution is 0.415. The summed E-state index contributed by atoms with van der Waals surface area (Å²) >= 11 is 0. The maximum atomic E-state index is 5.07. The fraction of sp³-hybridized carbons (Fsp3) is 0.0909. The Bertz CT molecular complexity index is 361. The molecular weight excluding hydrogens is 162 g/mol. The van der Waals surface area contributed by atoms with Crippen molar-refractivity contribution in [2.45, 2.75) is 0 Å². The molecule has 1 aromatic heterocycles. The Morgan fingerprint density at radius 3 is 2.54 bits per heavy atom. The second-order valence-electron chi connectivity index (χ2n) is 2.74. The van der Waals surface area contributed by atoms with Crippen LogP contribution in [0.3, 0.4) is 0 Å². The van der Waals surface area contributed by atoms with Gasteiger partial charge in [0, 0.05) is 24.0 Å². The van der Waals surface area contributed by atoms with Gasteiger partial charge in [0.2, 0.25) is 0 Å². The summed E-state index contributed by atoms with van der Waals surface area (Å²) in [5, 5.41) is 0. The number of H-pyrrole nitrogens is 1. The predicted molar refractivity (Wildman–Crippen MR) is 51.6 cm³/mol. The lowest BCUT2D eigenvalue weighted by atomic mass is 10.1. The van der Waals surface area contributed by atoms with Crippen molar-refractivity contribution in [3.63, 3.8) is 0 Å². The van der Waals surface area contributed by atoms with Crippen molar-refractivity contribution in [2.75, 3.05) is 7.11 Å². The largest absolute Gasteiger partial charge is 0.497 e. The first kappa shape index (κ1) is 7.92. The summed E-state index contributed by atoms with van der Waals surface area (Å²) in [6.07, 6.45) is 3.71. The molecule has 2 heteroatoms. The molecule has 0 unspecified atom stereocenters. The first-order valence-corrected chi connectivity index (χ1v) is 4.09. The number of nitrogens with one attached hydrogen (secondary N) is 1. The Labute approximate surface area is 77.2 Å². The van der Waals surface area contributed by atoms with E-state index in [4.69, 9.17) is 4.74 Å². The molecule has 65 valence electrons. The van der Waals surface area contributed by atoms with E-state index in [1.165, 1.54) is 0 Å². The summed E-state index contributed by atoms with van der Waals surface area (Å²) in [4.78, 5) is 2.97. The minimum absolute atomic E-state index is 0.874. The summed E-state index contributed by atoms with van der Waals surface area (Å²) in [5.74, 6) is 0.874. The highest BCUT2D eigenvalue weighted by Gasteiger charge is 1.97. The highest BCUT2D eigenvalue weighted by molar-refractivity contribution is 5.62. The molecule has 0 saturated carbocycles. The van der Waals surface area contributed by atoms with E-state index >= 15 is 0 Å². The van der Waals surface area contributed by atoms with Gasteiger partial charge in [-0.2, -0.15) is 0 Å². The van der Waals surface area contributed by atoms with Gasteiger partial charge in [0.1, 0.15) is 5.75 Å². The van der Waals surface area contributed by atoms with E-state index in [1.807, 2.05) is 30.5 Å². The highest BCUT2D eigenvalue weighted by Crippen LogP contribution is 2.20. The normalized spacial score (nSPS) is 9.92. The van der Waals surface area contributed by atoms with E-state index < -0.39 is 0 Å². The molecule has 1 N–H and O–H groups in total. The van der Waals surface area contributed by atoms with Crippen molar-refractivity contribution in [1.29, 1.82) is 0 Å². The lowest BCUT2D eigenvalue weighted by Crippen LogP contribution is -1.81. The van der Waals surface area contributed by atoms with Gasteiger partial charge in [-0.1, -0.05) is 12.1 Å². The molecule has 0 amide bonds. The monoisotopic (exact) mass is 172 g/mol. The number of aromatic amines is 1. The molecule has 2 nitrogen and oxygen atoms in total. The molecule has 13 heavy (non-hydrogen) atoms. The Hall–Kier alpha value is -1.70. The summed E-state index contributed by atoms with van der Waals surface area (Å²) in [7, 11) is 1.66. The average Bonchev–Trinajstić information content (AvgIpc) is 2.71. The molecule has 0 bridgehead atoms. The summed E-state index contributed by atoms with van der Waals surface area (Å²) < 4.78 is 5.07. The Kier molecular flexibility index (Phi) is 2.04. The van der Waals surface area contributed by atoms with Gasteiger partial charge < -0.3 is 9.72 Å². The van der Waals surface area contributed by atoms with Crippen molar-refractivity contribution in [1.82, 2.24) is 4.98 Å². The van der Waals surface area contributed by atoms with Crippen LogP contribution in [0.25, 0.3) is 11.1 Å². The van der Waals surface area contributed by atoms with Crippen molar-refractivity contribution in [2.24, 2.45) is 0 Å². The maximum Gasteiger partial charge on any atom is 0.118 e. The Morgan fingerprint density at radius 2 is 2.00 bits per heavy atom. The molecule has 0 fully saturated rings. The Morgan fingerprint density at radius 1 is 1.23 bits per heavy atom. The van der Waals surface area contributed by atoms with Crippen molar-refractivity contribution < 1.29 is 4.74 Å². The maximum absolute atomic E-state index is 5.07. The summed E-state index contributed by atoms with van der Waals surface area (Å²) in [6, 6.07) is 11.0. The zero-order chi connectivity index (χ0) is 9.10. The summed E-state index contributed by atoms with van der Waals surface area (Å²) in [6.45, 7) is 0. The molecule has 1 heterocycles. The predicted octanol–water partition coefficient (Wildman–Crippen LogP) is 2.49. The number of rotatable bonds is 2. The number of benzene rings is 1. The van der Waals surface area contributed by atoms with Crippen molar-refractivity contribution >= 4 is 0 Å². The van der Waals surface area contributed by atoms with Crippen LogP contribution < -0.4 is 4.74 Å². The third-order valence-electron chi connectivity index (χ3n) is 1.94. The molecule has 0 spiro atoms. The van der Waals surface area contributed by atoms with Crippen LogP contribution in [0.2, 0.25) is 0 Å². The number of hydrogen-bond acceptors (Lipinski definition) is 1. The fourth-order valence-corrected chi connectivity index (χ4v) is 1.22. The van der Waals surface area contributed by atoms with Crippen LogP contribution in [0.5, 0.6) is 5.75 Å². The van der Waals surface area contributed by atoms with Crippen LogP contribution in [0.4, 0.5) is 0 Å². The zero-order valence-electron chi connectivity index (χ0n) is 7.37. The smallest absolute Gasteiger partial charge is 0.118 e. The van der Waals surface area contributed by atoms with Crippen LogP contribution in [0, 0.1) is 6.07 Å². The molecule has 0 aliphatic carbocycles. The van der Waals surface area contributed by atoms with E-state index in [-0.39, 0.29) is 0 Å². The topological polar surface area (TPSA) is 25.0 Å². The second-order valence-corrected chi connectivity index (χ2v) is 2.74. The van der Waals surface area contributed by atoms with Gasteiger partial charge in [-0.25, -0.2) is 0 Å². The van der Waals surface area contributed by atoms with Crippen molar-refractivity contribution in [3.8, 4) is 16.9 Å².